The first-order chi connectivity index (χ1) is 8.63. The third-order valence-corrected chi connectivity index (χ3v) is 3.27. The number of ether oxygens (including phenoxy) is 1. The van der Waals surface area contributed by atoms with Crippen LogP contribution in [0.3, 0.4) is 0 Å². The lowest BCUT2D eigenvalue weighted by atomic mass is 10.0. The van der Waals surface area contributed by atoms with Gasteiger partial charge in [-0.15, -0.1) is 0 Å². The summed E-state index contributed by atoms with van der Waals surface area (Å²) >= 11 is 0. The molecule has 1 aliphatic heterocycles. The number of nitrogens with zero attached hydrogens (tertiary/aromatic N) is 2. The molecule has 0 aromatic rings. The minimum Gasteiger partial charge on any atom is -0.469 e. The maximum absolute atomic E-state index is 10.9. The molecule has 0 radical (unpaired) electrons. The van der Waals surface area contributed by atoms with Crippen molar-refractivity contribution in [2.45, 2.75) is 39.0 Å². The molecule has 0 aromatic carbocycles. The van der Waals surface area contributed by atoms with E-state index in [4.69, 9.17) is 5.73 Å². The first-order valence-electron chi connectivity index (χ1n) is 6.75. The highest BCUT2D eigenvalue weighted by Gasteiger charge is 2.17. The van der Waals surface area contributed by atoms with Crippen LogP contribution in [0.2, 0.25) is 0 Å². The summed E-state index contributed by atoms with van der Waals surface area (Å²) in [6, 6.07) is 0. The third kappa shape index (κ3) is 5.38. The lowest BCUT2D eigenvalue weighted by molar-refractivity contribution is -0.140. The van der Waals surface area contributed by atoms with Gasteiger partial charge in [-0.1, -0.05) is 6.92 Å². The van der Waals surface area contributed by atoms with Crippen molar-refractivity contribution >= 4 is 11.9 Å². The molecule has 1 atom stereocenters. The van der Waals surface area contributed by atoms with Crippen LogP contribution in [-0.4, -0.2) is 43.6 Å². The molecule has 1 unspecified atom stereocenters. The molecule has 0 aromatic heterocycles. The molecule has 1 aliphatic rings. The molecule has 0 aliphatic carbocycles. The number of rotatable bonds is 5. The zero-order chi connectivity index (χ0) is 13.4. The SMILES string of the molecule is COC(=O)CCCCN=C(N)N1CCCC(C)C1. The number of likely N-dealkylation sites (tertiary alicyclic amines) is 1. The minimum absolute atomic E-state index is 0.156. The number of piperidine rings is 1. The van der Waals surface area contributed by atoms with Crippen molar-refractivity contribution in [1.82, 2.24) is 4.90 Å². The molecule has 0 spiro atoms. The highest BCUT2D eigenvalue weighted by atomic mass is 16.5. The second-order valence-electron chi connectivity index (χ2n) is 4.97. The van der Waals surface area contributed by atoms with Crippen molar-refractivity contribution in [2.24, 2.45) is 16.6 Å². The number of carbonyl (C=O) groups excluding carboxylic acids is 1. The van der Waals surface area contributed by atoms with E-state index in [1.54, 1.807) is 0 Å². The fourth-order valence-corrected chi connectivity index (χ4v) is 2.17. The standard InChI is InChI=1S/C13H25N3O2/c1-11-6-5-9-16(10-11)13(14)15-8-4-3-7-12(17)18-2/h11H,3-10H2,1-2H3,(H2,14,15). The summed E-state index contributed by atoms with van der Waals surface area (Å²) in [5.74, 6) is 1.20. The molecule has 2 N–H and O–H groups in total. The molecule has 5 nitrogen and oxygen atoms in total. The normalized spacial score (nSPS) is 20.9. The minimum atomic E-state index is -0.156. The van der Waals surface area contributed by atoms with E-state index < -0.39 is 0 Å². The van der Waals surface area contributed by atoms with Gasteiger partial charge in [-0.3, -0.25) is 9.79 Å². The summed E-state index contributed by atoms with van der Waals surface area (Å²) < 4.78 is 4.58. The average molecular weight is 255 g/mol. The van der Waals surface area contributed by atoms with Crippen LogP contribution >= 0.6 is 0 Å². The number of carbonyl (C=O) groups is 1. The zero-order valence-corrected chi connectivity index (χ0v) is 11.5. The van der Waals surface area contributed by atoms with E-state index in [1.165, 1.54) is 20.0 Å². The van der Waals surface area contributed by atoms with Crippen LogP contribution in [0, 0.1) is 5.92 Å². The fourth-order valence-electron chi connectivity index (χ4n) is 2.17. The second-order valence-corrected chi connectivity index (χ2v) is 4.97. The smallest absolute Gasteiger partial charge is 0.305 e. The van der Waals surface area contributed by atoms with E-state index in [9.17, 15) is 4.79 Å². The van der Waals surface area contributed by atoms with Gasteiger partial charge in [0.05, 0.1) is 7.11 Å². The van der Waals surface area contributed by atoms with E-state index in [0.717, 1.165) is 25.9 Å². The van der Waals surface area contributed by atoms with Crippen molar-refractivity contribution in [3.63, 3.8) is 0 Å². The number of hydrogen-bond acceptors (Lipinski definition) is 3. The number of hydrogen-bond donors (Lipinski definition) is 1. The molecule has 0 bridgehead atoms. The maximum Gasteiger partial charge on any atom is 0.305 e. The largest absolute Gasteiger partial charge is 0.469 e. The van der Waals surface area contributed by atoms with Gasteiger partial charge in [-0.05, 0) is 31.6 Å². The lowest BCUT2D eigenvalue weighted by Crippen LogP contribution is -2.43. The van der Waals surface area contributed by atoms with E-state index in [2.05, 4.69) is 21.6 Å². The van der Waals surface area contributed by atoms with Crippen molar-refractivity contribution in [1.29, 1.82) is 0 Å². The molecule has 1 rings (SSSR count). The molecular weight excluding hydrogens is 230 g/mol. The van der Waals surface area contributed by atoms with E-state index in [-0.39, 0.29) is 5.97 Å². The second kappa shape index (κ2) is 7.95. The van der Waals surface area contributed by atoms with Gasteiger partial charge in [0.25, 0.3) is 0 Å². The van der Waals surface area contributed by atoms with Gasteiger partial charge < -0.3 is 15.4 Å². The summed E-state index contributed by atoms with van der Waals surface area (Å²) in [4.78, 5) is 17.4. The Morgan fingerprint density at radius 3 is 2.94 bits per heavy atom. The Bertz CT molecular complexity index is 292. The number of unbranched alkanes of at least 4 members (excludes halogenated alkanes) is 1. The van der Waals surface area contributed by atoms with Crippen LogP contribution in [0.5, 0.6) is 0 Å². The number of guanidine groups is 1. The highest BCUT2D eigenvalue weighted by molar-refractivity contribution is 5.78. The molecule has 5 heteroatoms. The van der Waals surface area contributed by atoms with E-state index in [1.807, 2.05) is 0 Å². The van der Waals surface area contributed by atoms with E-state index in [0.29, 0.717) is 24.8 Å². The summed E-state index contributed by atoms with van der Waals surface area (Å²) in [6.07, 6.45) is 4.62. The number of aliphatic imine (C=N–C) groups is 1. The Kier molecular flexibility index (Phi) is 6.54. The number of methoxy groups -OCH3 is 1. The Morgan fingerprint density at radius 2 is 2.28 bits per heavy atom. The molecule has 1 heterocycles. The third-order valence-electron chi connectivity index (χ3n) is 3.27. The predicted octanol–water partition coefficient (Wildman–Crippen LogP) is 1.38. The topological polar surface area (TPSA) is 67.9 Å². The van der Waals surface area contributed by atoms with Crippen LogP contribution < -0.4 is 5.73 Å². The summed E-state index contributed by atoms with van der Waals surface area (Å²) in [5, 5.41) is 0. The predicted molar refractivity (Wildman–Crippen MR) is 72.3 cm³/mol. The Labute approximate surface area is 109 Å². The van der Waals surface area contributed by atoms with Crippen molar-refractivity contribution in [3.8, 4) is 0 Å². The van der Waals surface area contributed by atoms with Gasteiger partial charge in [-0.25, -0.2) is 0 Å². The van der Waals surface area contributed by atoms with Gasteiger partial charge >= 0.3 is 5.97 Å². The molecule has 104 valence electrons. The van der Waals surface area contributed by atoms with Crippen LogP contribution in [0.4, 0.5) is 0 Å². The summed E-state index contributed by atoms with van der Waals surface area (Å²) in [7, 11) is 1.41. The number of nitrogens with two attached hydrogens (primary N) is 1. The zero-order valence-electron chi connectivity index (χ0n) is 11.5. The van der Waals surface area contributed by atoms with Gasteiger partial charge in [0, 0.05) is 26.1 Å². The maximum atomic E-state index is 10.9. The molecule has 0 saturated carbocycles. The van der Waals surface area contributed by atoms with Crippen LogP contribution in [0.15, 0.2) is 4.99 Å². The molecule has 1 fully saturated rings. The average Bonchev–Trinajstić information content (AvgIpc) is 2.37. The lowest BCUT2D eigenvalue weighted by Gasteiger charge is -2.31. The van der Waals surface area contributed by atoms with Gasteiger partial charge in [0.15, 0.2) is 5.96 Å². The van der Waals surface area contributed by atoms with Gasteiger partial charge in [0.2, 0.25) is 0 Å². The van der Waals surface area contributed by atoms with Crippen LogP contribution in [0.25, 0.3) is 0 Å². The fraction of sp³-hybridized carbons (Fsp3) is 0.846. The highest BCUT2D eigenvalue weighted by Crippen LogP contribution is 2.14. The Morgan fingerprint density at radius 1 is 1.50 bits per heavy atom. The summed E-state index contributed by atoms with van der Waals surface area (Å²) in [6.45, 7) is 4.96. The van der Waals surface area contributed by atoms with Crippen LogP contribution in [-0.2, 0) is 9.53 Å². The van der Waals surface area contributed by atoms with Gasteiger partial charge in [-0.2, -0.15) is 0 Å². The van der Waals surface area contributed by atoms with E-state index >= 15 is 0 Å². The Hall–Kier alpha value is -1.26. The Balaban J connectivity index is 2.18. The van der Waals surface area contributed by atoms with Crippen molar-refractivity contribution < 1.29 is 9.53 Å². The first kappa shape index (κ1) is 14.8. The number of esters is 1. The first-order valence-corrected chi connectivity index (χ1v) is 6.75. The van der Waals surface area contributed by atoms with Crippen molar-refractivity contribution in [2.75, 3.05) is 26.7 Å². The molecule has 18 heavy (non-hydrogen) atoms. The molecular formula is C13H25N3O2. The molecule has 1 saturated heterocycles. The quantitative estimate of drug-likeness (QED) is 0.349. The van der Waals surface area contributed by atoms with Gasteiger partial charge in [0.1, 0.15) is 0 Å². The summed E-state index contributed by atoms with van der Waals surface area (Å²) in [5.41, 5.74) is 5.96. The monoisotopic (exact) mass is 255 g/mol. The van der Waals surface area contributed by atoms with Crippen LogP contribution in [0.1, 0.15) is 39.0 Å². The van der Waals surface area contributed by atoms with Crippen molar-refractivity contribution in [3.05, 3.63) is 0 Å². The molecule has 0 amide bonds.